The van der Waals surface area contributed by atoms with Crippen molar-refractivity contribution in [1.29, 1.82) is 0 Å². The first-order chi connectivity index (χ1) is 30.8. The van der Waals surface area contributed by atoms with Crippen LogP contribution in [0.1, 0.15) is 22.3 Å². The van der Waals surface area contributed by atoms with Gasteiger partial charge in [0.05, 0.1) is 16.4 Å². The van der Waals surface area contributed by atoms with Gasteiger partial charge in [0.1, 0.15) is 0 Å². The predicted octanol–water partition coefficient (Wildman–Crippen LogP) is 14.0. The van der Waals surface area contributed by atoms with Gasteiger partial charge in [0.15, 0.2) is 17.5 Å². The minimum Gasteiger partial charge on any atom is -0.309 e. The van der Waals surface area contributed by atoms with Crippen LogP contribution in [0.2, 0.25) is 0 Å². The summed E-state index contributed by atoms with van der Waals surface area (Å²) in [6.45, 7) is 0. The molecule has 9 aromatic carbocycles. The molecule has 0 amide bonds. The summed E-state index contributed by atoms with van der Waals surface area (Å²) in [6.07, 6.45) is 0. The maximum atomic E-state index is 5.25. The molecule has 0 radical (unpaired) electrons. The Morgan fingerprint density at radius 2 is 0.823 bits per heavy atom. The maximum Gasteiger partial charge on any atom is 0.164 e. The Labute approximate surface area is 360 Å². The number of para-hydroxylation sites is 2. The summed E-state index contributed by atoms with van der Waals surface area (Å²) in [4.78, 5) is 15.6. The second-order valence-electron chi connectivity index (χ2n) is 15.9. The Bertz CT molecular complexity index is 3340. The quantitative estimate of drug-likeness (QED) is 0.161. The zero-order chi connectivity index (χ0) is 41.0. The van der Waals surface area contributed by atoms with E-state index in [1.807, 2.05) is 36.4 Å². The van der Waals surface area contributed by atoms with E-state index in [1.54, 1.807) is 0 Å². The number of hydrogen-bond acceptors (Lipinski definition) is 3. The molecule has 0 fully saturated rings. The summed E-state index contributed by atoms with van der Waals surface area (Å²) < 4.78 is 2.39. The van der Waals surface area contributed by atoms with Crippen LogP contribution in [0.25, 0.3) is 83.9 Å². The van der Waals surface area contributed by atoms with Gasteiger partial charge in [-0.25, -0.2) is 15.0 Å². The molecule has 4 nitrogen and oxygen atoms in total. The van der Waals surface area contributed by atoms with Crippen molar-refractivity contribution < 1.29 is 0 Å². The fourth-order valence-electron chi connectivity index (χ4n) is 9.86. The normalized spacial score (nSPS) is 12.6. The molecule has 11 aromatic rings. The van der Waals surface area contributed by atoms with E-state index in [2.05, 4.69) is 199 Å². The van der Waals surface area contributed by atoms with Gasteiger partial charge >= 0.3 is 0 Å². The summed E-state index contributed by atoms with van der Waals surface area (Å²) in [7, 11) is 0. The first kappa shape index (κ1) is 35.7. The smallest absolute Gasteiger partial charge is 0.164 e. The Hall–Kier alpha value is -8.21. The molecule has 0 saturated heterocycles. The third kappa shape index (κ3) is 5.58. The molecule has 4 heteroatoms. The van der Waals surface area contributed by atoms with Crippen molar-refractivity contribution in [1.82, 2.24) is 19.5 Å². The molecule has 62 heavy (non-hydrogen) atoms. The average molecular weight is 791 g/mol. The minimum atomic E-state index is -0.539. The Morgan fingerprint density at radius 3 is 1.45 bits per heavy atom. The number of fused-ring (bicyclic) bond motifs is 6. The molecule has 2 aromatic heterocycles. The van der Waals surface area contributed by atoms with Crippen LogP contribution in [0.15, 0.2) is 231 Å². The van der Waals surface area contributed by atoms with E-state index in [1.165, 1.54) is 44.2 Å². The number of rotatable bonds is 7. The summed E-state index contributed by atoms with van der Waals surface area (Å²) in [5, 5.41) is 2.36. The van der Waals surface area contributed by atoms with Crippen LogP contribution in [-0.4, -0.2) is 19.5 Å². The SMILES string of the molecule is c1ccc(-c2nc(-c3ccccc3)nc(-c3cc(-c4ccc5c(c4)C(c4ccccc4)(c4ccccc4)c4ccccc4-5)c4c5ccccc5n(-c5ccccc5)c4c3)n2)cc1. The second kappa shape index (κ2) is 14.5. The molecule has 0 bridgehead atoms. The first-order valence-corrected chi connectivity index (χ1v) is 21.1. The van der Waals surface area contributed by atoms with Crippen molar-refractivity contribution in [2.45, 2.75) is 5.41 Å². The highest BCUT2D eigenvalue weighted by atomic mass is 15.0. The molecular weight excluding hydrogens is 753 g/mol. The third-order valence-electron chi connectivity index (χ3n) is 12.5. The zero-order valence-electron chi connectivity index (χ0n) is 33.7. The average Bonchev–Trinajstić information content (AvgIpc) is 3.85. The van der Waals surface area contributed by atoms with Gasteiger partial charge in [0.2, 0.25) is 0 Å². The van der Waals surface area contributed by atoms with Crippen molar-refractivity contribution in [3.05, 3.63) is 253 Å². The van der Waals surface area contributed by atoms with Crippen LogP contribution in [0, 0.1) is 0 Å². The molecule has 0 aliphatic heterocycles. The van der Waals surface area contributed by atoms with E-state index in [0.717, 1.165) is 44.5 Å². The Kier molecular flexibility index (Phi) is 8.36. The van der Waals surface area contributed by atoms with Crippen molar-refractivity contribution in [3.63, 3.8) is 0 Å². The van der Waals surface area contributed by atoms with Gasteiger partial charge < -0.3 is 4.57 Å². The number of nitrogens with zero attached hydrogens (tertiary/aromatic N) is 4. The maximum absolute atomic E-state index is 5.25. The lowest BCUT2D eigenvalue weighted by molar-refractivity contribution is 0.769. The van der Waals surface area contributed by atoms with Crippen molar-refractivity contribution in [3.8, 4) is 62.1 Å². The molecular formula is C58H38N4. The van der Waals surface area contributed by atoms with E-state index >= 15 is 0 Å². The standard InChI is InChI=1S/C58H38N4/c1-6-20-39(21-7-1)55-59-56(40-22-8-2-9-23-40)61-57(60-55)42-36-49(54-48-31-17-19-33-52(48)62(53(54)38-42)45-28-14-5-15-29-45)41-34-35-47-46-30-16-18-32-50(46)58(51(47)37-41,43-24-10-3-11-25-43)44-26-12-4-13-27-44/h1-38H. The van der Waals surface area contributed by atoms with Gasteiger partial charge in [0.25, 0.3) is 0 Å². The first-order valence-electron chi connectivity index (χ1n) is 21.1. The lowest BCUT2D eigenvalue weighted by Gasteiger charge is -2.34. The zero-order valence-corrected chi connectivity index (χ0v) is 33.7. The van der Waals surface area contributed by atoms with Gasteiger partial charge in [-0.2, -0.15) is 0 Å². The summed E-state index contributed by atoms with van der Waals surface area (Å²) >= 11 is 0. The minimum absolute atomic E-state index is 0.539. The molecule has 0 atom stereocenters. The van der Waals surface area contributed by atoms with Gasteiger partial charge in [-0.3, -0.25) is 0 Å². The fraction of sp³-hybridized carbons (Fsp3) is 0.0172. The van der Waals surface area contributed by atoms with Gasteiger partial charge in [-0.1, -0.05) is 194 Å². The van der Waals surface area contributed by atoms with Crippen LogP contribution in [-0.2, 0) is 5.41 Å². The Morgan fingerprint density at radius 1 is 0.323 bits per heavy atom. The lowest BCUT2D eigenvalue weighted by Crippen LogP contribution is -2.28. The van der Waals surface area contributed by atoms with Crippen LogP contribution in [0.3, 0.4) is 0 Å². The van der Waals surface area contributed by atoms with E-state index in [0.29, 0.717) is 17.5 Å². The van der Waals surface area contributed by atoms with Gasteiger partial charge in [-0.05, 0) is 80.9 Å². The molecule has 1 aliphatic rings. The van der Waals surface area contributed by atoms with E-state index in [9.17, 15) is 0 Å². The third-order valence-corrected chi connectivity index (χ3v) is 12.5. The van der Waals surface area contributed by atoms with E-state index in [4.69, 9.17) is 15.0 Å². The number of benzene rings is 9. The molecule has 290 valence electrons. The van der Waals surface area contributed by atoms with Crippen molar-refractivity contribution in [2.75, 3.05) is 0 Å². The van der Waals surface area contributed by atoms with Gasteiger partial charge in [-0.15, -0.1) is 0 Å². The van der Waals surface area contributed by atoms with Crippen LogP contribution >= 0.6 is 0 Å². The number of hydrogen-bond donors (Lipinski definition) is 0. The van der Waals surface area contributed by atoms with Crippen molar-refractivity contribution in [2.24, 2.45) is 0 Å². The van der Waals surface area contributed by atoms with E-state index in [-0.39, 0.29) is 0 Å². The summed E-state index contributed by atoms with van der Waals surface area (Å²) in [5.41, 5.74) is 15.3. The highest BCUT2D eigenvalue weighted by molar-refractivity contribution is 6.17. The summed E-state index contributed by atoms with van der Waals surface area (Å²) in [6, 6.07) is 82.5. The van der Waals surface area contributed by atoms with Crippen LogP contribution in [0.4, 0.5) is 0 Å². The highest BCUT2D eigenvalue weighted by Crippen LogP contribution is 2.57. The molecule has 0 saturated carbocycles. The molecule has 12 rings (SSSR count). The largest absolute Gasteiger partial charge is 0.309 e. The molecule has 0 unspecified atom stereocenters. The topological polar surface area (TPSA) is 43.6 Å². The van der Waals surface area contributed by atoms with Gasteiger partial charge in [0, 0.05) is 33.2 Å². The molecule has 1 aliphatic carbocycles. The number of aromatic nitrogens is 4. The second-order valence-corrected chi connectivity index (χ2v) is 15.9. The molecule has 0 N–H and O–H groups in total. The van der Waals surface area contributed by atoms with E-state index < -0.39 is 5.41 Å². The van der Waals surface area contributed by atoms with Crippen LogP contribution in [0.5, 0.6) is 0 Å². The molecule has 0 spiro atoms. The Balaban J connectivity index is 1.19. The monoisotopic (exact) mass is 790 g/mol. The molecule has 2 heterocycles. The predicted molar refractivity (Wildman–Crippen MR) is 253 cm³/mol. The fourth-order valence-corrected chi connectivity index (χ4v) is 9.86. The summed E-state index contributed by atoms with van der Waals surface area (Å²) in [5.74, 6) is 1.87. The lowest BCUT2D eigenvalue weighted by atomic mass is 9.67. The van der Waals surface area contributed by atoms with Crippen molar-refractivity contribution >= 4 is 21.8 Å². The van der Waals surface area contributed by atoms with Crippen LogP contribution < -0.4 is 0 Å². The highest BCUT2D eigenvalue weighted by Gasteiger charge is 2.46.